The molecule has 0 fully saturated rings. The van der Waals surface area contributed by atoms with E-state index in [1.165, 1.54) is 60.1 Å². The molecular weight excluding hydrogens is 703 g/mol. The Kier molecular flexibility index (Phi) is 8.19. The molecule has 0 saturated carbocycles. The smallest absolute Gasteiger partial charge is 0.135 e. The molecule has 58 heavy (non-hydrogen) atoms. The summed E-state index contributed by atoms with van der Waals surface area (Å²) in [6, 6.07) is 80.8. The summed E-state index contributed by atoms with van der Waals surface area (Å²) in [5.41, 5.74) is 12.4. The van der Waals surface area contributed by atoms with Crippen LogP contribution in [-0.4, -0.2) is 0 Å². The van der Waals surface area contributed by atoms with Crippen molar-refractivity contribution in [3.8, 4) is 44.7 Å². The van der Waals surface area contributed by atoms with Crippen molar-refractivity contribution in [1.29, 1.82) is 0 Å². The summed E-state index contributed by atoms with van der Waals surface area (Å²) >= 11 is 0. The Morgan fingerprint density at radius 3 is 1.67 bits per heavy atom. The van der Waals surface area contributed by atoms with Gasteiger partial charge in [-0.25, -0.2) is 0 Å². The van der Waals surface area contributed by atoms with Crippen LogP contribution in [0.15, 0.2) is 229 Å². The highest BCUT2D eigenvalue weighted by Crippen LogP contribution is 2.40. The first-order valence-corrected chi connectivity index (χ1v) is 19.8. The first-order valence-electron chi connectivity index (χ1n) is 19.8. The van der Waals surface area contributed by atoms with Crippen LogP contribution in [-0.2, 0) is 0 Å². The molecule has 0 atom stereocenters. The predicted octanol–water partition coefficient (Wildman–Crippen LogP) is 16.0. The number of fused-ring (bicyclic) bond motifs is 5. The molecule has 11 aromatic rings. The van der Waals surface area contributed by atoms with Gasteiger partial charge in [0.25, 0.3) is 0 Å². The Morgan fingerprint density at radius 1 is 0.259 bits per heavy atom. The lowest BCUT2D eigenvalue weighted by Gasteiger charge is -2.26. The van der Waals surface area contributed by atoms with Crippen molar-refractivity contribution in [2.45, 2.75) is 0 Å². The number of furan rings is 1. The highest BCUT2D eigenvalue weighted by Gasteiger charge is 2.16. The molecule has 272 valence electrons. The lowest BCUT2D eigenvalue weighted by molar-refractivity contribution is 0.631. The molecule has 11 rings (SSSR count). The van der Waals surface area contributed by atoms with E-state index in [1.807, 2.05) is 18.2 Å². The zero-order chi connectivity index (χ0) is 38.4. The van der Waals surface area contributed by atoms with E-state index in [0.29, 0.717) is 0 Å². The number of hydrogen-bond donors (Lipinski definition) is 0. The van der Waals surface area contributed by atoms with Crippen LogP contribution in [0.3, 0.4) is 0 Å². The van der Waals surface area contributed by atoms with Crippen molar-refractivity contribution in [3.05, 3.63) is 224 Å². The van der Waals surface area contributed by atoms with Gasteiger partial charge in [0.15, 0.2) is 0 Å². The van der Waals surface area contributed by atoms with Crippen LogP contribution in [0.25, 0.3) is 88.0 Å². The molecule has 0 saturated heterocycles. The molecule has 0 spiro atoms. The van der Waals surface area contributed by atoms with Gasteiger partial charge in [-0.15, -0.1) is 0 Å². The summed E-state index contributed by atoms with van der Waals surface area (Å²) < 4.78 is 6.21. The number of benzene rings is 10. The second-order valence-corrected chi connectivity index (χ2v) is 15.0. The van der Waals surface area contributed by atoms with E-state index in [0.717, 1.165) is 44.9 Å². The minimum atomic E-state index is 0.879. The van der Waals surface area contributed by atoms with Gasteiger partial charge in [0.2, 0.25) is 0 Å². The first kappa shape index (κ1) is 33.6. The fraction of sp³-hybridized carbons (Fsp3) is 0. The van der Waals surface area contributed by atoms with Crippen LogP contribution in [0.2, 0.25) is 0 Å². The van der Waals surface area contributed by atoms with Crippen molar-refractivity contribution in [3.63, 3.8) is 0 Å². The van der Waals surface area contributed by atoms with Gasteiger partial charge < -0.3 is 9.32 Å². The second-order valence-electron chi connectivity index (χ2n) is 15.0. The van der Waals surface area contributed by atoms with E-state index < -0.39 is 0 Å². The van der Waals surface area contributed by atoms with Crippen LogP contribution in [0, 0.1) is 0 Å². The van der Waals surface area contributed by atoms with E-state index in [9.17, 15) is 0 Å². The minimum Gasteiger partial charge on any atom is -0.456 e. The lowest BCUT2D eigenvalue weighted by Crippen LogP contribution is -2.10. The third-order valence-corrected chi connectivity index (χ3v) is 11.4. The summed E-state index contributed by atoms with van der Waals surface area (Å²) in [5.74, 6) is 0.879. The zero-order valence-corrected chi connectivity index (χ0v) is 31.7. The maximum atomic E-state index is 6.21. The van der Waals surface area contributed by atoms with Crippen LogP contribution < -0.4 is 4.90 Å². The summed E-state index contributed by atoms with van der Waals surface area (Å²) in [4.78, 5) is 2.37. The maximum absolute atomic E-state index is 6.21. The van der Waals surface area contributed by atoms with Crippen LogP contribution >= 0.6 is 0 Å². The number of hydrogen-bond acceptors (Lipinski definition) is 2. The van der Waals surface area contributed by atoms with Gasteiger partial charge in [0.05, 0.1) is 0 Å². The highest BCUT2D eigenvalue weighted by molar-refractivity contribution is 6.08. The monoisotopic (exact) mass is 739 g/mol. The molecule has 0 amide bonds. The molecule has 0 unspecified atom stereocenters. The standard InChI is InChI=1S/C56H37NO/c1-2-10-38(11-3-1)42-15-9-17-51(35-42)57(50-28-24-39(25-29-50)43-27-31-54-47(33-43)23-20-40-12-4-6-18-53(40)54)52-30-26-45-32-44(21-22-46(45)36-52)41-14-8-16-48(34-41)56-37-49-13-5-7-19-55(49)58-56/h1-37H. The SMILES string of the molecule is c1ccc(-c2cccc(N(c3ccc(-c4ccc5c(ccc6ccccc65)c4)cc3)c3ccc4cc(-c5cccc(-c6cc7ccccc7o6)c5)ccc4c3)c2)cc1. The second kappa shape index (κ2) is 14.1. The van der Waals surface area contributed by atoms with E-state index in [4.69, 9.17) is 4.42 Å². The first-order chi connectivity index (χ1) is 28.7. The molecule has 1 aromatic heterocycles. The van der Waals surface area contributed by atoms with Gasteiger partial charge in [-0.05, 0) is 132 Å². The summed E-state index contributed by atoms with van der Waals surface area (Å²) in [5, 5.41) is 8.56. The van der Waals surface area contributed by atoms with Crippen molar-refractivity contribution < 1.29 is 4.42 Å². The van der Waals surface area contributed by atoms with Crippen molar-refractivity contribution in [1.82, 2.24) is 0 Å². The number of rotatable bonds is 7. The van der Waals surface area contributed by atoms with Gasteiger partial charge in [-0.1, -0.05) is 158 Å². The number of nitrogens with zero attached hydrogens (tertiary/aromatic N) is 1. The minimum absolute atomic E-state index is 0.879. The average molecular weight is 740 g/mol. The molecule has 0 aliphatic rings. The topological polar surface area (TPSA) is 16.4 Å². The molecule has 2 heteroatoms. The van der Waals surface area contributed by atoms with Crippen LogP contribution in [0.5, 0.6) is 0 Å². The van der Waals surface area contributed by atoms with Gasteiger partial charge in [0.1, 0.15) is 11.3 Å². The van der Waals surface area contributed by atoms with Gasteiger partial charge >= 0.3 is 0 Å². The molecule has 10 aromatic carbocycles. The summed E-state index contributed by atoms with van der Waals surface area (Å²) in [7, 11) is 0. The number of anilines is 3. The lowest BCUT2D eigenvalue weighted by atomic mass is 9.97. The summed E-state index contributed by atoms with van der Waals surface area (Å²) in [6.45, 7) is 0. The fourth-order valence-corrected chi connectivity index (χ4v) is 8.43. The third kappa shape index (κ3) is 6.18. The normalized spacial score (nSPS) is 11.4. The molecule has 0 N–H and O–H groups in total. The molecule has 2 nitrogen and oxygen atoms in total. The van der Waals surface area contributed by atoms with E-state index >= 15 is 0 Å². The van der Waals surface area contributed by atoms with Crippen molar-refractivity contribution >= 4 is 60.3 Å². The summed E-state index contributed by atoms with van der Waals surface area (Å²) in [6.07, 6.45) is 0. The molecule has 0 bridgehead atoms. The van der Waals surface area contributed by atoms with Gasteiger partial charge in [-0.2, -0.15) is 0 Å². The fourth-order valence-electron chi connectivity index (χ4n) is 8.43. The Balaban J connectivity index is 0.960. The van der Waals surface area contributed by atoms with E-state index in [1.54, 1.807) is 0 Å². The zero-order valence-electron chi connectivity index (χ0n) is 31.7. The largest absolute Gasteiger partial charge is 0.456 e. The Bertz CT molecular complexity index is 3250. The molecule has 1 heterocycles. The Morgan fingerprint density at radius 2 is 0.793 bits per heavy atom. The Hall–Kier alpha value is -7.68. The highest BCUT2D eigenvalue weighted by atomic mass is 16.3. The van der Waals surface area contributed by atoms with Gasteiger partial charge in [-0.3, -0.25) is 0 Å². The third-order valence-electron chi connectivity index (χ3n) is 11.4. The van der Waals surface area contributed by atoms with Crippen LogP contribution in [0.1, 0.15) is 0 Å². The average Bonchev–Trinajstić information content (AvgIpc) is 3.74. The van der Waals surface area contributed by atoms with E-state index in [-0.39, 0.29) is 0 Å². The predicted molar refractivity (Wildman–Crippen MR) is 245 cm³/mol. The Labute approximate surface area is 337 Å². The number of para-hydroxylation sites is 1. The maximum Gasteiger partial charge on any atom is 0.135 e. The van der Waals surface area contributed by atoms with E-state index in [2.05, 4.69) is 211 Å². The van der Waals surface area contributed by atoms with Gasteiger partial charge in [0, 0.05) is 28.0 Å². The quantitative estimate of drug-likeness (QED) is 0.151. The van der Waals surface area contributed by atoms with Crippen molar-refractivity contribution in [2.24, 2.45) is 0 Å². The molecule has 0 radical (unpaired) electrons. The molecule has 0 aliphatic carbocycles. The van der Waals surface area contributed by atoms with Crippen LogP contribution in [0.4, 0.5) is 17.1 Å². The molecule has 0 aliphatic heterocycles. The van der Waals surface area contributed by atoms with Crippen molar-refractivity contribution in [2.75, 3.05) is 4.90 Å². The molecular formula is C56H37NO.